The highest BCUT2D eigenvalue weighted by Crippen LogP contribution is 2.45. The molecule has 0 saturated heterocycles. The van der Waals surface area contributed by atoms with E-state index in [2.05, 4.69) is 41.5 Å². The summed E-state index contributed by atoms with van der Waals surface area (Å²) in [6.07, 6.45) is 62.2. The molecule has 0 radical (unpaired) electrons. The molecular weight excluding hydrogens is 1310 g/mol. The van der Waals surface area contributed by atoms with Crippen molar-refractivity contribution in [1.29, 1.82) is 0 Å². The maximum absolute atomic E-state index is 13.1. The van der Waals surface area contributed by atoms with E-state index in [9.17, 15) is 43.2 Å². The van der Waals surface area contributed by atoms with Crippen molar-refractivity contribution in [1.82, 2.24) is 0 Å². The zero-order valence-electron chi connectivity index (χ0n) is 65.5. The van der Waals surface area contributed by atoms with Gasteiger partial charge in [0.05, 0.1) is 26.4 Å². The number of hydrogen-bond acceptors (Lipinski definition) is 15. The Kier molecular flexibility index (Phi) is 71.2. The van der Waals surface area contributed by atoms with Gasteiger partial charge >= 0.3 is 39.5 Å². The standard InChI is InChI=1S/C81H158O17P2/c1-7-10-12-14-16-18-20-21-22-23-29-35-41-47-53-59-65-80(85)97-76(69-91-78(83)63-57-51-45-39-19-17-15-13-11-8-2)71-95-99(87,88)93-67-75(82)68-94-100(89,90)96-72-77(70-92-79(84)64-58-52-46-40-34-31-26-27-32-37-43-49-55-61-73(4)5)98-81(86)66-60-54-48-42-36-30-25-24-28-33-38-44-50-56-62-74(6)9-3/h73-77,82H,7-72H2,1-6H3,(H,87,88)(H,89,90)/t74?,75-,76+,77+/m0/s1. The Labute approximate surface area is 613 Å². The molecule has 0 spiro atoms. The summed E-state index contributed by atoms with van der Waals surface area (Å²) in [7, 11) is -9.92. The quantitative estimate of drug-likeness (QED) is 0.0222. The molecule has 3 N–H and O–H groups in total. The Morgan fingerprint density at radius 3 is 0.760 bits per heavy atom. The highest BCUT2D eigenvalue weighted by Gasteiger charge is 2.30. The molecule has 6 atom stereocenters. The molecule has 0 aliphatic heterocycles. The van der Waals surface area contributed by atoms with E-state index in [1.54, 1.807) is 0 Å². The molecule has 0 heterocycles. The molecule has 17 nitrogen and oxygen atoms in total. The summed E-state index contributed by atoms with van der Waals surface area (Å²) in [5.41, 5.74) is 0. The van der Waals surface area contributed by atoms with Crippen LogP contribution in [-0.2, 0) is 65.4 Å². The Morgan fingerprint density at radius 2 is 0.510 bits per heavy atom. The molecule has 0 fully saturated rings. The van der Waals surface area contributed by atoms with Gasteiger partial charge < -0.3 is 33.8 Å². The molecule has 0 amide bonds. The van der Waals surface area contributed by atoms with Crippen molar-refractivity contribution in [3.8, 4) is 0 Å². The Hall–Kier alpha value is -1.94. The van der Waals surface area contributed by atoms with Crippen molar-refractivity contribution in [2.75, 3.05) is 39.6 Å². The lowest BCUT2D eigenvalue weighted by molar-refractivity contribution is -0.161. The van der Waals surface area contributed by atoms with Crippen LogP contribution in [0.3, 0.4) is 0 Å². The molecule has 0 bridgehead atoms. The average Bonchev–Trinajstić information content (AvgIpc) is 0.935. The summed E-state index contributed by atoms with van der Waals surface area (Å²) in [4.78, 5) is 73.0. The summed E-state index contributed by atoms with van der Waals surface area (Å²) < 4.78 is 68.7. The fourth-order valence-corrected chi connectivity index (χ4v) is 14.1. The normalized spacial score (nSPS) is 14.2. The maximum atomic E-state index is 13.1. The largest absolute Gasteiger partial charge is 0.472 e. The van der Waals surface area contributed by atoms with Crippen molar-refractivity contribution >= 4 is 39.5 Å². The summed E-state index contributed by atoms with van der Waals surface area (Å²) in [5.74, 6) is -0.470. The van der Waals surface area contributed by atoms with Gasteiger partial charge in [-0.25, -0.2) is 9.13 Å². The number of hydrogen-bond donors (Lipinski definition) is 3. The van der Waals surface area contributed by atoms with Crippen molar-refractivity contribution in [3.05, 3.63) is 0 Å². The van der Waals surface area contributed by atoms with Gasteiger partial charge in [0.15, 0.2) is 12.2 Å². The highest BCUT2D eigenvalue weighted by molar-refractivity contribution is 7.47. The minimum Gasteiger partial charge on any atom is -0.462 e. The SMILES string of the molecule is CCCCCCCCCCCCCCCCCCC(=O)O[C@H](COC(=O)CCCCCCCCCCCC)COP(=O)(O)OC[C@H](O)COP(=O)(O)OC[C@@H](COC(=O)CCCCCCCCCCCCCCCC(C)C)OC(=O)CCCCCCCCCCCCCCCCC(C)CC. The zero-order chi connectivity index (χ0) is 73.5. The first kappa shape index (κ1) is 98.1. The van der Waals surface area contributed by atoms with Crippen molar-refractivity contribution in [2.24, 2.45) is 11.8 Å². The van der Waals surface area contributed by atoms with Crippen LogP contribution in [0.4, 0.5) is 0 Å². The van der Waals surface area contributed by atoms with E-state index in [1.807, 2.05) is 0 Å². The van der Waals surface area contributed by atoms with Gasteiger partial charge in [0.25, 0.3) is 0 Å². The fraction of sp³-hybridized carbons (Fsp3) is 0.951. The van der Waals surface area contributed by atoms with Crippen LogP contribution < -0.4 is 0 Å². The van der Waals surface area contributed by atoms with Crippen LogP contribution in [0.2, 0.25) is 0 Å². The van der Waals surface area contributed by atoms with Gasteiger partial charge in [-0.2, -0.15) is 0 Å². The van der Waals surface area contributed by atoms with Crippen LogP contribution in [0.5, 0.6) is 0 Å². The van der Waals surface area contributed by atoms with Crippen LogP contribution in [0, 0.1) is 11.8 Å². The second-order valence-corrected chi connectivity index (χ2v) is 32.8. The number of unbranched alkanes of at least 4 members (excludes halogenated alkanes) is 49. The van der Waals surface area contributed by atoms with Gasteiger partial charge in [-0.1, -0.05) is 375 Å². The summed E-state index contributed by atoms with van der Waals surface area (Å²) in [6.45, 7) is 9.71. The average molecular weight is 1470 g/mol. The summed E-state index contributed by atoms with van der Waals surface area (Å²) >= 11 is 0. The number of phosphoric acid groups is 2. The van der Waals surface area contributed by atoms with Gasteiger partial charge in [0.2, 0.25) is 0 Å². The molecule has 0 aromatic carbocycles. The van der Waals surface area contributed by atoms with E-state index in [0.717, 1.165) is 102 Å². The molecule has 594 valence electrons. The third kappa shape index (κ3) is 73.0. The van der Waals surface area contributed by atoms with E-state index in [1.165, 1.54) is 244 Å². The van der Waals surface area contributed by atoms with Gasteiger partial charge in [0, 0.05) is 25.7 Å². The smallest absolute Gasteiger partial charge is 0.462 e. The number of aliphatic hydroxyl groups excluding tert-OH is 1. The Bertz CT molecular complexity index is 1930. The highest BCUT2D eigenvalue weighted by atomic mass is 31.2. The molecule has 0 aliphatic rings. The monoisotopic (exact) mass is 1470 g/mol. The van der Waals surface area contributed by atoms with E-state index in [4.69, 9.17) is 37.0 Å². The van der Waals surface area contributed by atoms with E-state index < -0.39 is 97.5 Å². The Balaban J connectivity index is 5.25. The predicted molar refractivity (Wildman–Crippen MR) is 409 cm³/mol. The van der Waals surface area contributed by atoms with Gasteiger partial charge in [-0.05, 0) is 37.5 Å². The molecule has 0 aromatic heterocycles. The lowest BCUT2D eigenvalue weighted by atomic mass is 9.99. The molecule has 0 aromatic rings. The second-order valence-electron chi connectivity index (χ2n) is 29.9. The maximum Gasteiger partial charge on any atom is 0.472 e. The number of carbonyl (C=O) groups excluding carboxylic acids is 4. The van der Waals surface area contributed by atoms with E-state index in [0.29, 0.717) is 25.7 Å². The number of phosphoric ester groups is 2. The first-order chi connectivity index (χ1) is 48.4. The molecule has 3 unspecified atom stereocenters. The van der Waals surface area contributed by atoms with Gasteiger partial charge in [-0.3, -0.25) is 37.3 Å². The third-order valence-electron chi connectivity index (χ3n) is 19.3. The number of rotatable bonds is 80. The van der Waals surface area contributed by atoms with Crippen LogP contribution in [0.1, 0.15) is 427 Å². The number of carbonyl (C=O) groups is 4. The molecular formula is C81H158O17P2. The van der Waals surface area contributed by atoms with Crippen molar-refractivity contribution < 1.29 is 80.2 Å². The third-order valence-corrected chi connectivity index (χ3v) is 21.2. The molecule has 0 saturated carbocycles. The summed E-state index contributed by atoms with van der Waals surface area (Å²) in [5, 5.41) is 10.6. The number of esters is 4. The van der Waals surface area contributed by atoms with Crippen molar-refractivity contribution in [2.45, 2.75) is 445 Å². The minimum absolute atomic E-state index is 0.108. The molecule has 100 heavy (non-hydrogen) atoms. The lowest BCUT2D eigenvalue weighted by Gasteiger charge is -2.21. The first-order valence-corrected chi connectivity index (χ1v) is 45.0. The van der Waals surface area contributed by atoms with Crippen LogP contribution in [-0.4, -0.2) is 96.7 Å². The fourth-order valence-electron chi connectivity index (χ4n) is 12.5. The summed E-state index contributed by atoms with van der Waals surface area (Å²) in [6, 6.07) is 0. The minimum atomic E-state index is -4.96. The van der Waals surface area contributed by atoms with Crippen LogP contribution in [0.15, 0.2) is 0 Å². The molecule has 19 heteroatoms. The van der Waals surface area contributed by atoms with E-state index >= 15 is 0 Å². The van der Waals surface area contributed by atoms with Crippen LogP contribution >= 0.6 is 15.6 Å². The van der Waals surface area contributed by atoms with Gasteiger partial charge in [0.1, 0.15) is 19.3 Å². The van der Waals surface area contributed by atoms with Crippen LogP contribution in [0.25, 0.3) is 0 Å². The Morgan fingerprint density at radius 1 is 0.290 bits per heavy atom. The predicted octanol–water partition coefficient (Wildman–Crippen LogP) is 24.3. The van der Waals surface area contributed by atoms with Crippen molar-refractivity contribution in [3.63, 3.8) is 0 Å². The second kappa shape index (κ2) is 72.6. The lowest BCUT2D eigenvalue weighted by Crippen LogP contribution is -2.30. The topological polar surface area (TPSA) is 237 Å². The molecule has 0 aliphatic carbocycles. The van der Waals surface area contributed by atoms with E-state index in [-0.39, 0.29) is 25.7 Å². The molecule has 0 rings (SSSR count). The van der Waals surface area contributed by atoms with Gasteiger partial charge in [-0.15, -0.1) is 0 Å². The number of ether oxygens (including phenoxy) is 4. The zero-order valence-corrected chi connectivity index (χ0v) is 67.3. The number of aliphatic hydroxyl groups is 1. The first-order valence-electron chi connectivity index (χ1n) is 42.0.